The summed E-state index contributed by atoms with van der Waals surface area (Å²) in [4.78, 5) is 26.5. The first-order valence-electron chi connectivity index (χ1n) is 10.6. The van der Waals surface area contributed by atoms with Gasteiger partial charge in [0.25, 0.3) is 0 Å². The van der Waals surface area contributed by atoms with Crippen LogP contribution in [-0.4, -0.2) is 47.4 Å². The Morgan fingerprint density at radius 2 is 1.33 bits per heavy atom. The minimum Gasteiger partial charge on any atom is -0.452 e. The first-order chi connectivity index (χ1) is 16.0. The molecule has 0 spiro atoms. The highest BCUT2D eigenvalue weighted by atomic mass is 32.2. The Bertz CT molecular complexity index is 1070. The number of esters is 2. The van der Waals surface area contributed by atoms with E-state index in [1.165, 1.54) is 11.8 Å². The maximum Gasteiger partial charge on any atom is 0.338 e. The molecule has 6 nitrogen and oxygen atoms in total. The second-order valence-corrected chi connectivity index (χ2v) is 8.84. The number of hydrogen-bond acceptors (Lipinski definition) is 7. The van der Waals surface area contributed by atoms with Gasteiger partial charge in [-0.2, -0.15) is 0 Å². The summed E-state index contributed by atoms with van der Waals surface area (Å²) in [6.45, 7) is 1.93. The fourth-order valence-electron chi connectivity index (χ4n) is 3.41. The summed E-state index contributed by atoms with van der Waals surface area (Å²) in [5.74, 6) is -1.20. The SMILES string of the molecule is Cc1ccc(S[C@@H]2OC[C@@H](O)[C@H](OC(=O)c3ccccc3)[C@H]2OC(=O)c2ccccc2)cc1. The summed E-state index contributed by atoms with van der Waals surface area (Å²) in [5.41, 5.74) is 1.12. The van der Waals surface area contributed by atoms with Crippen LogP contribution in [0.4, 0.5) is 0 Å². The normalized spacial score (nSPS) is 22.4. The van der Waals surface area contributed by atoms with Crippen molar-refractivity contribution in [2.45, 2.75) is 35.6 Å². The summed E-state index contributed by atoms with van der Waals surface area (Å²) in [6.07, 6.45) is -3.27. The summed E-state index contributed by atoms with van der Waals surface area (Å²) >= 11 is 1.35. The minimum atomic E-state index is -1.15. The van der Waals surface area contributed by atoms with Gasteiger partial charge in [-0.05, 0) is 43.3 Å². The molecule has 0 bridgehead atoms. The Kier molecular flexibility index (Phi) is 7.44. The lowest BCUT2D eigenvalue weighted by Gasteiger charge is -2.39. The Morgan fingerprint density at radius 1 is 0.818 bits per heavy atom. The molecule has 0 unspecified atom stereocenters. The van der Waals surface area contributed by atoms with Gasteiger partial charge < -0.3 is 19.3 Å². The number of aryl methyl sites for hydroxylation is 1. The van der Waals surface area contributed by atoms with Crippen LogP contribution in [0.3, 0.4) is 0 Å². The molecule has 4 rings (SSSR count). The van der Waals surface area contributed by atoms with E-state index in [1.807, 2.05) is 31.2 Å². The molecule has 1 saturated heterocycles. The average Bonchev–Trinajstić information content (AvgIpc) is 2.85. The van der Waals surface area contributed by atoms with Gasteiger partial charge >= 0.3 is 11.9 Å². The van der Waals surface area contributed by atoms with Gasteiger partial charge in [-0.15, -0.1) is 0 Å². The van der Waals surface area contributed by atoms with Gasteiger partial charge in [-0.3, -0.25) is 0 Å². The number of thioether (sulfide) groups is 1. The molecule has 3 aromatic carbocycles. The van der Waals surface area contributed by atoms with Crippen LogP contribution in [-0.2, 0) is 14.2 Å². The van der Waals surface area contributed by atoms with Crippen LogP contribution in [0, 0.1) is 6.92 Å². The summed E-state index contributed by atoms with van der Waals surface area (Å²) in [5, 5.41) is 10.6. The van der Waals surface area contributed by atoms with Crippen molar-refractivity contribution in [1.82, 2.24) is 0 Å². The van der Waals surface area contributed by atoms with Crippen molar-refractivity contribution in [3.8, 4) is 0 Å². The zero-order valence-electron chi connectivity index (χ0n) is 18.0. The molecule has 33 heavy (non-hydrogen) atoms. The van der Waals surface area contributed by atoms with E-state index in [1.54, 1.807) is 60.7 Å². The van der Waals surface area contributed by atoms with E-state index in [0.717, 1.165) is 10.5 Å². The highest BCUT2D eigenvalue weighted by Crippen LogP contribution is 2.34. The van der Waals surface area contributed by atoms with Gasteiger partial charge in [-0.1, -0.05) is 65.9 Å². The van der Waals surface area contributed by atoms with Crippen LogP contribution in [0.5, 0.6) is 0 Å². The first kappa shape index (κ1) is 23.0. The number of hydrogen-bond donors (Lipinski definition) is 1. The van der Waals surface area contributed by atoms with E-state index in [0.29, 0.717) is 11.1 Å². The molecule has 1 heterocycles. The maximum atomic E-state index is 12.9. The topological polar surface area (TPSA) is 82.1 Å². The average molecular weight is 465 g/mol. The monoisotopic (exact) mass is 464 g/mol. The van der Waals surface area contributed by atoms with Crippen LogP contribution in [0.1, 0.15) is 26.3 Å². The number of rotatable bonds is 6. The Hall–Kier alpha value is -3.13. The van der Waals surface area contributed by atoms with Crippen molar-refractivity contribution in [3.63, 3.8) is 0 Å². The lowest BCUT2D eigenvalue weighted by atomic mass is 10.1. The number of aliphatic hydroxyl groups is 1. The van der Waals surface area contributed by atoms with Crippen molar-refractivity contribution in [2.75, 3.05) is 6.61 Å². The number of carbonyl (C=O) groups excluding carboxylic acids is 2. The van der Waals surface area contributed by atoms with Gasteiger partial charge in [0, 0.05) is 4.90 Å². The summed E-state index contributed by atoms with van der Waals surface area (Å²) in [6, 6.07) is 24.8. The molecule has 1 N–H and O–H groups in total. The molecule has 1 aliphatic heterocycles. The van der Waals surface area contributed by atoms with Crippen LogP contribution in [0.25, 0.3) is 0 Å². The maximum absolute atomic E-state index is 12.9. The summed E-state index contributed by atoms with van der Waals surface area (Å²) in [7, 11) is 0. The van der Waals surface area contributed by atoms with Gasteiger partial charge in [0.05, 0.1) is 17.7 Å². The molecule has 0 aliphatic carbocycles. The van der Waals surface area contributed by atoms with Crippen LogP contribution >= 0.6 is 11.8 Å². The van der Waals surface area contributed by atoms with Crippen LogP contribution in [0.2, 0.25) is 0 Å². The molecule has 7 heteroatoms. The Morgan fingerprint density at radius 3 is 1.88 bits per heavy atom. The van der Waals surface area contributed by atoms with E-state index in [4.69, 9.17) is 14.2 Å². The molecule has 0 aromatic heterocycles. The van der Waals surface area contributed by atoms with E-state index in [9.17, 15) is 14.7 Å². The lowest BCUT2D eigenvalue weighted by molar-refractivity contribution is -0.165. The van der Waals surface area contributed by atoms with Crippen LogP contribution in [0.15, 0.2) is 89.8 Å². The molecule has 0 radical (unpaired) electrons. The van der Waals surface area contributed by atoms with Gasteiger partial charge in [-0.25, -0.2) is 9.59 Å². The lowest BCUT2D eigenvalue weighted by Crippen LogP contribution is -2.55. The minimum absolute atomic E-state index is 0.0599. The quantitative estimate of drug-likeness (QED) is 0.546. The molecule has 3 aromatic rings. The summed E-state index contributed by atoms with van der Waals surface area (Å²) < 4.78 is 17.3. The zero-order valence-corrected chi connectivity index (χ0v) is 18.8. The molecule has 1 fully saturated rings. The highest BCUT2D eigenvalue weighted by molar-refractivity contribution is 7.99. The van der Waals surface area contributed by atoms with Crippen molar-refractivity contribution in [1.29, 1.82) is 0 Å². The second kappa shape index (κ2) is 10.7. The second-order valence-electron chi connectivity index (χ2n) is 7.67. The fraction of sp³-hybridized carbons (Fsp3) is 0.231. The van der Waals surface area contributed by atoms with Gasteiger partial charge in [0.15, 0.2) is 12.2 Å². The van der Waals surface area contributed by atoms with Gasteiger partial charge in [0.2, 0.25) is 0 Å². The number of ether oxygens (including phenoxy) is 3. The Balaban J connectivity index is 1.60. The smallest absolute Gasteiger partial charge is 0.338 e. The van der Waals surface area contributed by atoms with Crippen molar-refractivity contribution >= 4 is 23.7 Å². The van der Waals surface area contributed by atoms with Gasteiger partial charge in [0.1, 0.15) is 11.5 Å². The fourth-order valence-corrected chi connectivity index (χ4v) is 4.46. The molecular formula is C26H24O6S. The van der Waals surface area contributed by atoms with Crippen molar-refractivity contribution < 1.29 is 28.9 Å². The predicted octanol–water partition coefficient (Wildman–Crippen LogP) is 4.26. The third-order valence-electron chi connectivity index (χ3n) is 5.18. The largest absolute Gasteiger partial charge is 0.452 e. The predicted molar refractivity (Wildman–Crippen MR) is 124 cm³/mol. The molecule has 1 aliphatic rings. The standard InChI is InChI=1S/C26H24O6S/c1-17-12-14-20(15-13-17)33-26-23(32-25(29)19-10-6-3-7-11-19)22(21(27)16-30-26)31-24(28)18-8-4-2-5-9-18/h2-15,21-23,26-27H,16H2,1H3/t21-,22+,23-,26+/m1/s1. The molecular weight excluding hydrogens is 440 g/mol. The first-order valence-corrected chi connectivity index (χ1v) is 11.4. The van der Waals surface area contributed by atoms with E-state index < -0.39 is 35.7 Å². The molecule has 170 valence electrons. The number of carbonyl (C=O) groups is 2. The molecule has 4 atom stereocenters. The van der Waals surface area contributed by atoms with E-state index >= 15 is 0 Å². The molecule has 0 saturated carbocycles. The molecule has 0 amide bonds. The third-order valence-corrected chi connectivity index (χ3v) is 6.36. The van der Waals surface area contributed by atoms with Crippen molar-refractivity contribution in [3.05, 3.63) is 102 Å². The third kappa shape index (κ3) is 5.82. The number of aliphatic hydroxyl groups excluding tert-OH is 1. The van der Waals surface area contributed by atoms with E-state index in [-0.39, 0.29) is 6.61 Å². The van der Waals surface area contributed by atoms with Crippen LogP contribution < -0.4 is 0 Å². The number of benzene rings is 3. The van der Waals surface area contributed by atoms with E-state index in [2.05, 4.69) is 0 Å². The highest BCUT2D eigenvalue weighted by Gasteiger charge is 2.45. The van der Waals surface area contributed by atoms with Crippen molar-refractivity contribution in [2.24, 2.45) is 0 Å². The Labute approximate surface area is 196 Å². The zero-order chi connectivity index (χ0) is 23.2.